The fourth-order valence-corrected chi connectivity index (χ4v) is 2.02. The first-order valence-electron chi connectivity index (χ1n) is 5.30. The van der Waals surface area contributed by atoms with Crippen LogP contribution in [0.4, 0.5) is 13.2 Å². The molecule has 0 aliphatic carbocycles. The highest BCUT2D eigenvalue weighted by Crippen LogP contribution is 2.39. The third-order valence-corrected chi connectivity index (χ3v) is 3.31. The van der Waals surface area contributed by atoms with Gasteiger partial charge in [-0.1, -0.05) is 47.5 Å². The van der Waals surface area contributed by atoms with Gasteiger partial charge >= 0.3 is 6.18 Å². The van der Waals surface area contributed by atoms with Gasteiger partial charge in [0.1, 0.15) is 5.15 Å². The topological polar surface area (TPSA) is 12.9 Å². The van der Waals surface area contributed by atoms with E-state index in [2.05, 4.69) is 4.98 Å². The van der Waals surface area contributed by atoms with Gasteiger partial charge in [0, 0.05) is 5.56 Å². The molecule has 0 fully saturated rings. The maximum Gasteiger partial charge on any atom is 0.418 e. The molecule has 0 aliphatic rings. The van der Waals surface area contributed by atoms with E-state index in [0.717, 1.165) is 6.07 Å². The number of hydrogen-bond donors (Lipinski definition) is 0. The molecule has 1 heterocycles. The van der Waals surface area contributed by atoms with Crippen LogP contribution in [-0.2, 0) is 6.18 Å². The number of rotatable bonds is 1. The van der Waals surface area contributed by atoms with E-state index in [4.69, 9.17) is 23.2 Å². The summed E-state index contributed by atoms with van der Waals surface area (Å²) in [5, 5.41) is -0.362. The zero-order valence-corrected chi connectivity index (χ0v) is 11.2. The van der Waals surface area contributed by atoms with Gasteiger partial charge in [-0.15, -0.1) is 0 Å². The third kappa shape index (κ3) is 2.85. The minimum Gasteiger partial charge on any atom is -0.234 e. The molecular weight excluding hydrogens is 298 g/mol. The van der Waals surface area contributed by atoms with Crippen molar-refractivity contribution in [2.45, 2.75) is 13.1 Å². The van der Waals surface area contributed by atoms with Crippen molar-refractivity contribution in [3.05, 3.63) is 51.6 Å². The van der Waals surface area contributed by atoms with Gasteiger partial charge in [0.2, 0.25) is 0 Å². The van der Waals surface area contributed by atoms with Crippen molar-refractivity contribution in [2.75, 3.05) is 0 Å². The van der Waals surface area contributed by atoms with Crippen LogP contribution in [0.5, 0.6) is 0 Å². The molecule has 0 amide bonds. The largest absolute Gasteiger partial charge is 0.418 e. The second-order valence-electron chi connectivity index (χ2n) is 3.97. The average Bonchev–Trinajstić information content (AvgIpc) is 2.31. The van der Waals surface area contributed by atoms with Crippen LogP contribution in [0.15, 0.2) is 30.3 Å². The molecule has 0 radical (unpaired) electrons. The van der Waals surface area contributed by atoms with Gasteiger partial charge in [-0.25, -0.2) is 4.98 Å². The summed E-state index contributed by atoms with van der Waals surface area (Å²) < 4.78 is 39.1. The Balaban J connectivity index is 2.76. The van der Waals surface area contributed by atoms with E-state index in [1.54, 1.807) is 31.2 Å². The van der Waals surface area contributed by atoms with E-state index in [1.165, 1.54) is 0 Å². The first kappa shape index (κ1) is 14.2. The third-order valence-electron chi connectivity index (χ3n) is 2.64. The molecule has 1 aromatic carbocycles. The number of halogens is 5. The fourth-order valence-electron chi connectivity index (χ4n) is 1.73. The van der Waals surface area contributed by atoms with Crippen LogP contribution in [0.25, 0.3) is 11.3 Å². The Morgan fingerprint density at radius 3 is 2.32 bits per heavy atom. The SMILES string of the molecule is Cc1ccccc1-c1nc(Cl)c(Cl)cc1C(F)(F)F. The van der Waals surface area contributed by atoms with Crippen molar-refractivity contribution in [3.8, 4) is 11.3 Å². The molecule has 0 saturated carbocycles. The van der Waals surface area contributed by atoms with E-state index in [-0.39, 0.29) is 15.9 Å². The first-order chi connectivity index (χ1) is 8.80. The minimum atomic E-state index is -4.54. The average molecular weight is 306 g/mol. The molecule has 0 aliphatic heterocycles. The lowest BCUT2D eigenvalue weighted by atomic mass is 10.0. The lowest BCUT2D eigenvalue weighted by Crippen LogP contribution is -2.09. The standard InChI is InChI=1S/C13H8Cl2F3N/c1-7-4-2-3-5-8(7)11-9(13(16,17)18)6-10(14)12(15)19-11/h2-6H,1H3. The number of pyridine rings is 1. The predicted molar refractivity (Wildman–Crippen MR) is 69.4 cm³/mol. The molecule has 0 N–H and O–H groups in total. The van der Waals surface area contributed by atoms with Gasteiger partial charge in [-0.05, 0) is 18.6 Å². The zero-order valence-electron chi connectivity index (χ0n) is 9.72. The molecule has 0 atom stereocenters. The molecular formula is C13H8Cl2F3N. The van der Waals surface area contributed by atoms with Crippen LogP contribution in [-0.4, -0.2) is 4.98 Å². The molecule has 1 aromatic heterocycles. The first-order valence-corrected chi connectivity index (χ1v) is 6.05. The maximum atomic E-state index is 13.0. The number of nitrogens with zero attached hydrogens (tertiary/aromatic N) is 1. The van der Waals surface area contributed by atoms with Crippen LogP contribution in [0.2, 0.25) is 10.2 Å². The van der Waals surface area contributed by atoms with Gasteiger partial charge in [0.25, 0.3) is 0 Å². The summed E-state index contributed by atoms with van der Waals surface area (Å²) >= 11 is 11.4. The Labute approximate surface area is 118 Å². The van der Waals surface area contributed by atoms with E-state index >= 15 is 0 Å². The second-order valence-corrected chi connectivity index (χ2v) is 4.74. The van der Waals surface area contributed by atoms with Gasteiger partial charge in [-0.2, -0.15) is 13.2 Å². The summed E-state index contributed by atoms with van der Waals surface area (Å²) in [6, 6.07) is 7.46. The van der Waals surface area contributed by atoms with Crippen molar-refractivity contribution < 1.29 is 13.2 Å². The molecule has 2 rings (SSSR count). The molecule has 100 valence electrons. The molecule has 1 nitrogen and oxygen atoms in total. The van der Waals surface area contributed by atoms with Crippen molar-refractivity contribution in [2.24, 2.45) is 0 Å². The van der Waals surface area contributed by atoms with Crippen molar-refractivity contribution in [1.29, 1.82) is 0 Å². The Kier molecular flexibility index (Phi) is 3.74. The Morgan fingerprint density at radius 1 is 1.11 bits per heavy atom. The molecule has 0 bridgehead atoms. The van der Waals surface area contributed by atoms with Crippen molar-refractivity contribution >= 4 is 23.2 Å². The quantitative estimate of drug-likeness (QED) is 0.644. The zero-order chi connectivity index (χ0) is 14.2. The summed E-state index contributed by atoms with van der Waals surface area (Å²) in [6.07, 6.45) is -4.54. The summed E-state index contributed by atoms with van der Waals surface area (Å²) in [5.74, 6) is 0. The Morgan fingerprint density at radius 2 is 1.74 bits per heavy atom. The van der Waals surface area contributed by atoms with E-state index in [9.17, 15) is 13.2 Å². The molecule has 19 heavy (non-hydrogen) atoms. The highest BCUT2D eigenvalue weighted by atomic mass is 35.5. The minimum absolute atomic E-state index is 0.145. The highest BCUT2D eigenvalue weighted by molar-refractivity contribution is 6.41. The fraction of sp³-hybridized carbons (Fsp3) is 0.154. The Hall–Kier alpha value is -1.26. The van der Waals surface area contributed by atoms with Crippen LogP contribution < -0.4 is 0 Å². The summed E-state index contributed by atoms with van der Waals surface area (Å²) in [7, 11) is 0. The van der Waals surface area contributed by atoms with Gasteiger partial charge in [0.15, 0.2) is 0 Å². The highest BCUT2D eigenvalue weighted by Gasteiger charge is 2.35. The normalized spacial score (nSPS) is 11.7. The molecule has 0 saturated heterocycles. The Bertz CT molecular complexity index is 624. The van der Waals surface area contributed by atoms with Crippen LogP contribution in [0, 0.1) is 6.92 Å². The van der Waals surface area contributed by atoms with Gasteiger partial charge in [0.05, 0.1) is 16.3 Å². The van der Waals surface area contributed by atoms with E-state index in [0.29, 0.717) is 11.1 Å². The van der Waals surface area contributed by atoms with Crippen LogP contribution in [0.1, 0.15) is 11.1 Å². The van der Waals surface area contributed by atoms with Crippen molar-refractivity contribution in [1.82, 2.24) is 4.98 Å². The van der Waals surface area contributed by atoms with E-state index in [1.807, 2.05) is 0 Å². The lowest BCUT2D eigenvalue weighted by molar-refractivity contribution is -0.137. The van der Waals surface area contributed by atoms with Gasteiger partial charge in [-0.3, -0.25) is 0 Å². The number of aryl methyl sites for hydroxylation is 1. The second kappa shape index (κ2) is 5.02. The van der Waals surface area contributed by atoms with Crippen molar-refractivity contribution in [3.63, 3.8) is 0 Å². The summed E-state index contributed by atoms with van der Waals surface area (Å²) in [6.45, 7) is 1.71. The van der Waals surface area contributed by atoms with Crippen LogP contribution in [0.3, 0.4) is 0 Å². The van der Waals surface area contributed by atoms with Crippen LogP contribution >= 0.6 is 23.2 Å². The molecule has 6 heteroatoms. The number of hydrogen-bond acceptors (Lipinski definition) is 1. The lowest BCUT2D eigenvalue weighted by Gasteiger charge is -2.14. The van der Waals surface area contributed by atoms with E-state index < -0.39 is 11.7 Å². The maximum absolute atomic E-state index is 13.0. The van der Waals surface area contributed by atoms with Gasteiger partial charge < -0.3 is 0 Å². The monoisotopic (exact) mass is 305 g/mol. The molecule has 0 spiro atoms. The summed E-state index contributed by atoms with van der Waals surface area (Å²) in [5.41, 5.74) is -0.0384. The predicted octanol–water partition coefficient (Wildman–Crippen LogP) is 5.38. The number of alkyl halides is 3. The summed E-state index contributed by atoms with van der Waals surface area (Å²) in [4.78, 5) is 3.78. The smallest absolute Gasteiger partial charge is 0.234 e. The number of benzene rings is 1. The molecule has 2 aromatic rings. The number of aromatic nitrogens is 1. The molecule has 0 unspecified atom stereocenters.